The molecule has 0 amide bonds. The van der Waals surface area contributed by atoms with Crippen LogP contribution in [0.3, 0.4) is 0 Å². The molecule has 2 nitrogen and oxygen atoms in total. The molecule has 0 fully saturated rings. The van der Waals surface area contributed by atoms with Crippen LogP contribution in [0, 0.1) is 0 Å². The van der Waals surface area contributed by atoms with Gasteiger partial charge >= 0.3 is 8.69 Å². The molecule has 2 aromatic rings. The summed E-state index contributed by atoms with van der Waals surface area (Å²) in [6.45, 7) is 19.4. The number of hydrogen-bond acceptors (Lipinski definition) is 2. The maximum absolute atomic E-state index is 15.2. The van der Waals surface area contributed by atoms with E-state index >= 15 is 4.20 Å². The van der Waals surface area contributed by atoms with Crippen molar-refractivity contribution in [2.45, 2.75) is 91.9 Å². The van der Waals surface area contributed by atoms with E-state index in [4.69, 9.17) is 9.05 Å². The molecule has 0 saturated carbocycles. The number of benzene rings is 2. The van der Waals surface area contributed by atoms with Gasteiger partial charge in [-0.15, -0.1) is 4.20 Å². The van der Waals surface area contributed by atoms with Gasteiger partial charge in [-0.25, -0.2) is 0 Å². The maximum atomic E-state index is 15.2. The van der Waals surface area contributed by atoms with E-state index < -0.39 is 8.69 Å². The van der Waals surface area contributed by atoms with E-state index in [1.807, 2.05) is 0 Å². The third kappa shape index (κ3) is 4.37. The molecule has 2 aromatic carbocycles. The predicted octanol–water partition coefficient (Wildman–Crippen LogP) is 8.53. The first-order chi connectivity index (χ1) is 13.9. The second-order valence-corrected chi connectivity index (χ2v) is 11.2. The minimum absolute atomic E-state index is 0.0406. The summed E-state index contributed by atoms with van der Waals surface area (Å²) in [6.07, 6.45) is 1.86. The van der Waals surface area contributed by atoms with E-state index in [9.17, 15) is 0 Å². The molecule has 4 heteroatoms. The summed E-state index contributed by atoms with van der Waals surface area (Å²) in [7, 11) is -2.58. The lowest BCUT2D eigenvalue weighted by Gasteiger charge is -2.33. The Kier molecular flexibility index (Phi) is 6.27. The molecule has 3 rings (SSSR count). The molecule has 0 saturated heterocycles. The van der Waals surface area contributed by atoms with E-state index in [0.29, 0.717) is 11.5 Å². The van der Waals surface area contributed by atoms with Crippen molar-refractivity contribution in [1.82, 2.24) is 0 Å². The van der Waals surface area contributed by atoms with Crippen molar-refractivity contribution in [3.8, 4) is 11.5 Å². The van der Waals surface area contributed by atoms with E-state index in [2.05, 4.69) is 86.6 Å². The van der Waals surface area contributed by atoms with Gasteiger partial charge in [0, 0.05) is 28.2 Å². The van der Waals surface area contributed by atoms with Gasteiger partial charge in [0.25, 0.3) is 0 Å². The Labute approximate surface area is 183 Å². The molecule has 0 unspecified atom stereocenters. The Bertz CT molecular complexity index is 862. The molecule has 0 spiro atoms. The quantitative estimate of drug-likeness (QED) is 0.445. The summed E-state index contributed by atoms with van der Waals surface area (Å²) in [6, 6.07) is 8.73. The van der Waals surface area contributed by atoms with Gasteiger partial charge in [-0.2, -0.15) is 0 Å². The van der Waals surface area contributed by atoms with E-state index in [-0.39, 0.29) is 16.7 Å². The van der Waals surface area contributed by atoms with Crippen LogP contribution in [0.4, 0.5) is 4.20 Å². The van der Waals surface area contributed by atoms with Crippen LogP contribution in [-0.4, -0.2) is 0 Å². The molecule has 0 atom stereocenters. The summed E-state index contributed by atoms with van der Waals surface area (Å²) in [5.41, 5.74) is 6.40. The molecule has 0 aliphatic carbocycles. The first-order valence-electron chi connectivity index (χ1n) is 11.0. The summed E-state index contributed by atoms with van der Waals surface area (Å²) in [4.78, 5) is 0. The van der Waals surface area contributed by atoms with Crippen LogP contribution in [-0.2, 0) is 23.7 Å². The summed E-state index contributed by atoms with van der Waals surface area (Å²) >= 11 is 0. The highest BCUT2D eigenvalue weighted by Gasteiger charge is 2.35. The normalized spacial score (nSPS) is 19.1. The molecule has 0 N–H and O–H groups in total. The van der Waals surface area contributed by atoms with E-state index in [0.717, 1.165) is 35.1 Å². The third-order valence-corrected chi connectivity index (χ3v) is 6.70. The zero-order valence-corrected chi connectivity index (χ0v) is 20.8. The molecule has 0 bridgehead atoms. The van der Waals surface area contributed by atoms with Gasteiger partial charge in [-0.05, 0) is 34.8 Å². The Morgan fingerprint density at radius 3 is 1.43 bits per heavy atom. The minimum atomic E-state index is -2.58. The van der Waals surface area contributed by atoms with Crippen molar-refractivity contribution in [2.75, 3.05) is 0 Å². The van der Waals surface area contributed by atoms with Crippen molar-refractivity contribution in [3.63, 3.8) is 0 Å². The number of rotatable bonds is 2. The summed E-state index contributed by atoms with van der Waals surface area (Å²) in [5, 5.41) is 0. The van der Waals surface area contributed by atoms with Crippen molar-refractivity contribution in [2.24, 2.45) is 0 Å². The first kappa shape index (κ1) is 23.1. The van der Waals surface area contributed by atoms with Crippen LogP contribution in [0.25, 0.3) is 0 Å². The fraction of sp³-hybridized carbons (Fsp3) is 0.538. The van der Waals surface area contributed by atoms with E-state index in [1.54, 1.807) is 0 Å². The minimum Gasteiger partial charge on any atom is -0.414 e. The smallest absolute Gasteiger partial charge is 0.414 e. The highest BCUT2D eigenvalue weighted by atomic mass is 31.2. The third-order valence-electron chi connectivity index (χ3n) is 6.05. The molecule has 1 aliphatic rings. The van der Waals surface area contributed by atoms with Crippen LogP contribution in [0.5, 0.6) is 11.5 Å². The van der Waals surface area contributed by atoms with E-state index in [1.165, 1.54) is 11.1 Å². The Morgan fingerprint density at radius 1 is 0.767 bits per heavy atom. The van der Waals surface area contributed by atoms with Gasteiger partial charge in [0.05, 0.1) is 0 Å². The number of fused-ring (bicyclic) bond motifs is 2. The number of aryl methyl sites for hydroxylation is 2. The molecule has 0 aromatic heterocycles. The second kappa shape index (κ2) is 8.15. The lowest BCUT2D eigenvalue weighted by molar-refractivity contribution is 0.406. The molecule has 1 heterocycles. The predicted molar refractivity (Wildman–Crippen MR) is 126 cm³/mol. The van der Waals surface area contributed by atoms with Crippen molar-refractivity contribution >= 4 is 8.69 Å². The molecular formula is C26H36FO2P. The highest BCUT2D eigenvalue weighted by Crippen LogP contribution is 2.55. The largest absolute Gasteiger partial charge is 0.505 e. The highest BCUT2D eigenvalue weighted by molar-refractivity contribution is 7.42. The first-order valence-corrected chi connectivity index (χ1v) is 12.1. The number of halogens is 1. The van der Waals surface area contributed by atoms with Crippen molar-refractivity contribution in [1.29, 1.82) is 0 Å². The zero-order valence-electron chi connectivity index (χ0n) is 19.9. The fourth-order valence-corrected chi connectivity index (χ4v) is 4.86. The topological polar surface area (TPSA) is 18.5 Å². The van der Waals surface area contributed by atoms with Crippen LogP contribution < -0.4 is 9.05 Å². The van der Waals surface area contributed by atoms with Crippen LogP contribution >= 0.6 is 8.69 Å². The molecule has 0 radical (unpaired) electrons. The number of hydrogen-bond donors (Lipinski definition) is 0. The Morgan fingerprint density at radius 2 is 1.13 bits per heavy atom. The van der Waals surface area contributed by atoms with Gasteiger partial charge in [0.1, 0.15) is 11.5 Å². The molecule has 164 valence electrons. The van der Waals surface area contributed by atoms with Gasteiger partial charge < -0.3 is 9.05 Å². The summed E-state index contributed by atoms with van der Waals surface area (Å²) < 4.78 is 27.1. The standard InChI is InChI=1S/C26H36FO2P/c1-10-17-12-19-16(3)20-13-18(11-2)15-22(26(7,8)9)24(20)29-30(27)28-23(19)21(14-17)25(4,5)6/h12-16H,10-11H2,1-9H3. The zero-order chi connectivity index (χ0) is 22.4. The lowest BCUT2D eigenvalue weighted by Crippen LogP contribution is -2.19. The van der Waals surface area contributed by atoms with Crippen molar-refractivity contribution in [3.05, 3.63) is 57.6 Å². The van der Waals surface area contributed by atoms with Crippen molar-refractivity contribution < 1.29 is 13.2 Å². The van der Waals surface area contributed by atoms with Crippen LogP contribution in [0.1, 0.15) is 102 Å². The van der Waals surface area contributed by atoms with Gasteiger partial charge in [-0.1, -0.05) is 86.6 Å². The maximum Gasteiger partial charge on any atom is 0.505 e. The lowest BCUT2D eigenvalue weighted by atomic mass is 9.78. The Hall–Kier alpha value is -1.60. The van der Waals surface area contributed by atoms with Crippen LogP contribution in [0.15, 0.2) is 24.3 Å². The molecule has 1 aliphatic heterocycles. The summed E-state index contributed by atoms with van der Waals surface area (Å²) in [5.74, 6) is 1.36. The monoisotopic (exact) mass is 430 g/mol. The Balaban J connectivity index is 2.36. The van der Waals surface area contributed by atoms with Crippen LogP contribution in [0.2, 0.25) is 0 Å². The molecule has 30 heavy (non-hydrogen) atoms. The fourth-order valence-electron chi connectivity index (χ4n) is 4.13. The van der Waals surface area contributed by atoms with Gasteiger partial charge in [0.2, 0.25) is 0 Å². The second-order valence-electron chi connectivity index (χ2n) is 10.4. The van der Waals surface area contributed by atoms with Gasteiger partial charge in [0.15, 0.2) is 0 Å². The molecular weight excluding hydrogens is 394 g/mol. The van der Waals surface area contributed by atoms with Gasteiger partial charge in [-0.3, -0.25) is 0 Å². The average Bonchev–Trinajstić information content (AvgIpc) is 2.64. The SMILES string of the molecule is CCc1cc2c(c(C(C)(C)C)c1)OP(F)Oc1c(cc(CC)cc1C(C)(C)C)C2C. The average molecular weight is 431 g/mol.